The van der Waals surface area contributed by atoms with E-state index in [1.54, 1.807) is 28.2 Å². The lowest BCUT2D eigenvalue weighted by Gasteiger charge is -2.32. The molecular weight excluding hydrogens is 460 g/mol. The van der Waals surface area contributed by atoms with Crippen LogP contribution in [0.25, 0.3) is 15.7 Å². The quantitative estimate of drug-likeness (QED) is 0.479. The zero-order valence-electron chi connectivity index (χ0n) is 17.7. The monoisotopic (exact) mass is 480 g/mol. The van der Waals surface area contributed by atoms with Crippen LogP contribution in [0.15, 0.2) is 30.7 Å². The van der Waals surface area contributed by atoms with Gasteiger partial charge in [0.25, 0.3) is 0 Å². The SMILES string of the molecule is O=C(C1CCc2c(sc3nc(Nc4cc5ccnn5cc4Cl)ncc23)C1)N1C[C@H]2C[C@@H]1CO2. The summed E-state index contributed by atoms with van der Waals surface area (Å²) in [7, 11) is 0. The number of ether oxygens (including phenoxy) is 1. The second-order valence-electron chi connectivity index (χ2n) is 9.05. The summed E-state index contributed by atoms with van der Waals surface area (Å²) in [6.45, 7) is 1.45. The van der Waals surface area contributed by atoms with Gasteiger partial charge < -0.3 is 15.0 Å². The summed E-state index contributed by atoms with van der Waals surface area (Å²) in [6.07, 6.45) is 9.19. The van der Waals surface area contributed by atoms with Gasteiger partial charge >= 0.3 is 0 Å². The van der Waals surface area contributed by atoms with E-state index < -0.39 is 0 Å². The molecule has 2 bridgehead atoms. The second kappa shape index (κ2) is 7.38. The number of nitrogens with one attached hydrogen (secondary N) is 1. The van der Waals surface area contributed by atoms with Crippen LogP contribution in [0.4, 0.5) is 11.6 Å². The number of halogens is 1. The van der Waals surface area contributed by atoms with E-state index in [0.717, 1.165) is 53.6 Å². The molecule has 10 heteroatoms. The number of pyridine rings is 1. The Morgan fingerprint density at radius 1 is 1.36 bits per heavy atom. The van der Waals surface area contributed by atoms with Crippen molar-refractivity contribution in [3.8, 4) is 0 Å². The lowest BCUT2D eigenvalue weighted by molar-refractivity contribution is -0.140. The number of hydrogen-bond acceptors (Lipinski definition) is 7. The summed E-state index contributed by atoms with van der Waals surface area (Å²) in [6, 6.07) is 4.12. The van der Waals surface area contributed by atoms with Gasteiger partial charge in [0.15, 0.2) is 0 Å². The molecule has 1 aliphatic carbocycles. The molecule has 2 fully saturated rings. The van der Waals surface area contributed by atoms with E-state index >= 15 is 0 Å². The topological polar surface area (TPSA) is 84.7 Å². The maximum Gasteiger partial charge on any atom is 0.228 e. The number of aromatic nitrogens is 4. The van der Waals surface area contributed by atoms with Crippen LogP contribution >= 0.6 is 22.9 Å². The van der Waals surface area contributed by atoms with Gasteiger partial charge in [-0.25, -0.2) is 14.5 Å². The first-order valence-electron chi connectivity index (χ1n) is 11.2. The van der Waals surface area contributed by atoms with E-state index in [1.807, 2.05) is 18.3 Å². The lowest BCUT2D eigenvalue weighted by atomic mass is 9.87. The Morgan fingerprint density at radius 2 is 2.30 bits per heavy atom. The van der Waals surface area contributed by atoms with E-state index in [4.69, 9.17) is 21.3 Å². The van der Waals surface area contributed by atoms with Crippen molar-refractivity contribution in [2.45, 2.75) is 37.8 Å². The predicted octanol–water partition coefficient (Wildman–Crippen LogP) is 3.84. The number of rotatable bonds is 3. The lowest BCUT2D eigenvalue weighted by Crippen LogP contribution is -2.45. The molecule has 6 heterocycles. The molecule has 0 spiro atoms. The summed E-state index contributed by atoms with van der Waals surface area (Å²) >= 11 is 8.09. The molecule has 1 unspecified atom stereocenters. The number of hydrogen-bond donors (Lipinski definition) is 1. The molecule has 168 valence electrons. The minimum atomic E-state index is 0.0525. The molecule has 3 aliphatic rings. The molecule has 0 radical (unpaired) electrons. The van der Waals surface area contributed by atoms with Gasteiger partial charge in [0, 0.05) is 41.3 Å². The maximum absolute atomic E-state index is 13.2. The number of anilines is 2. The smallest absolute Gasteiger partial charge is 0.228 e. The van der Waals surface area contributed by atoms with Crippen molar-refractivity contribution >= 4 is 56.2 Å². The Bertz CT molecular complexity index is 1420. The minimum Gasteiger partial charge on any atom is -0.374 e. The molecule has 0 aromatic carbocycles. The van der Waals surface area contributed by atoms with E-state index in [0.29, 0.717) is 23.5 Å². The highest BCUT2D eigenvalue weighted by molar-refractivity contribution is 7.18. The van der Waals surface area contributed by atoms with Crippen molar-refractivity contribution in [1.82, 2.24) is 24.5 Å². The highest BCUT2D eigenvalue weighted by Crippen LogP contribution is 2.39. The third-order valence-corrected chi connectivity index (χ3v) is 8.54. The Labute approximate surface area is 198 Å². The van der Waals surface area contributed by atoms with Crippen LogP contribution in [0.5, 0.6) is 0 Å². The van der Waals surface area contributed by atoms with Crippen molar-refractivity contribution in [1.29, 1.82) is 0 Å². The molecule has 1 amide bonds. The Hall–Kier alpha value is -2.75. The van der Waals surface area contributed by atoms with Crippen LogP contribution in [0.1, 0.15) is 23.3 Å². The first-order valence-corrected chi connectivity index (χ1v) is 12.4. The fourth-order valence-electron chi connectivity index (χ4n) is 5.39. The zero-order chi connectivity index (χ0) is 22.1. The fraction of sp³-hybridized carbons (Fsp3) is 0.391. The van der Waals surface area contributed by atoms with Gasteiger partial charge in [-0.15, -0.1) is 11.3 Å². The number of fused-ring (bicyclic) bond motifs is 6. The zero-order valence-corrected chi connectivity index (χ0v) is 19.3. The van der Waals surface area contributed by atoms with Gasteiger partial charge in [-0.05, 0) is 43.4 Å². The maximum atomic E-state index is 13.2. The first kappa shape index (κ1) is 19.7. The summed E-state index contributed by atoms with van der Waals surface area (Å²) in [5.41, 5.74) is 2.97. The fourth-order valence-corrected chi connectivity index (χ4v) is 6.86. The number of morpholine rings is 1. The van der Waals surface area contributed by atoms with Gasteiger partial charge in [-0.3, -0.25) is 4.79 Å². The van der Waals surface area contributed by atoms with Gasteiger partial charge in [-0.2, -0.15) is 5.10 Å². The number of amides is 1. The Balaban J connectivity index is 1.14. The second-order valence-corrected chi connectivity index (χ2v) is 10.5. The van der Waals surface area contributed by atoms with Crippen LogP contribution < -0.4 is 5.32 Å². The minimum absolute atomic E-state index is 0.0525. The van der Waals surface area contributed by atoms with Crippen molar-refractivity contribution < 1.29 is 9.53 Å². The molecule has 3 atom stereocenters. The van der Waals surface area contributed by atoms with Gasteiger partial charge in [0.1, 0.15) is 4.83 Å². The van der Waals surface area contributed by atoms with Crippen molar-refractivity contribution in [3.05, 3.63) is 46.2 Å². The van der Waals surface area contributed by atoms with Gasteiger partial charge in [0.05, 0.1) is 35.0 Å². The molecule has 33 heavy (non-hydrogen) atoms. The standard InChI is InChI=1S/C23H21ClN6O2S/c24-18-10-30-13(3-4-26-30)7-19(18)27-23-25-8-17-16-2-1-12(5-20(16)33-21(17)28-23)22(31)29-9-15-6-14(29)11-32-15/h3-4,7-8,10,12,14-15H,1-2,5-6,9,11H2,(H,25,27,28)/t12?,14-,15-/m1/s1. The third kappa shape index (κ3) is 3.21. The van der Waals surface area contributed by atoms with E-state index in [1.165, 1.54) is 10.4 Å². The van der Waals surface area contributed by atoms with Gasteiger partial charge in [0.2, 0.25) is 11.9 Å². The number of carbonyl (C=O) groups excluding carboxylic acids is 1. The summed E-state index contributed by atoms with van der Waals surface area (Å²) in [5.74, 6) is 0.858. The van der Waals surface area contributed by atoms with Crippen LogP contribution in [0.3, 0.4) is 0 Å². The molecular formula is C23H21ClN6O2S. The Morgan fingerprint density at radius 3 is 3.15 bits per heavy atom. The van der Waals surface area contributed by atoms with Crippen molar-refractivity contribution in [3.63, 3.8) is 0 Å². The molecule has 2 saturated heterocycles. The normalized spacial score (nSPS) is 24.0. The predicted molar refractivity (Wildman–Crippen MR) is 126 cm³/mol. The first-order chi connectivity index (χ1) is 16.1. The van der Waals surface area contributed by atoms with Crippen molar-refractivity contribution in [2.75, 3.05) is 18.5 Å². The largest absolute Gasteiger partial charge is 0.374 e. The highest BCUT2D eigenvalue weighted by atomic mass is 35.5. The molecule has 2 aliphatic heterocycles. The average molecular weight is 481 g/mol. The molecule has 7 rings (SSSR count). The molecule has 4 aromatic rings. The van der Waals surface area contributed by atoms with Crippen LogP contribution in [-0.2, 0) is 22.4 Å². The number of aryl methyl sites for hydroxylation is 1. The number of thiophene rings is 1. The molecule has 4 aromatic heterocycles. The van der Waals surface area contributed by atoms with Crippen molar-refractivity contribution in [2.24, 2.45) is 5.92 Å². The molecule has 1 N–H and O–H groups in total. The summed E-state index contributed by atoms with van der Waals surface area (Å²) in [4.78, 5) is 26.8. The number of carbonyl (C=O) groups is 1. The van der Waals surface area contributed by atoms with E-state index in [9.17, 15) is 4.79 Å². The highest BCUT2D eigenvalue weighted by Gasteiger charge is 2.43. The summed E-state index contributed by atoms with van der Waals surface area (Å²) in [5, 5.41) is 9.09. The van der Waals surface area contributed by atoms with Crippen LogP contribution in [0, 0.1) is 5.92 Å². The average Bonchev–Trinajstić information content (AvgIpc) is 3.61. The van der Waals surface area contributed by atoms with Crippen LogP contribution in [0.2, 0.25) is 5.02 Å². The van der Waals surface area contributed by atoms with E-state index in [-0.39, 0.29) is 18.1 Å². The molecule has 8 nitrogen and oxygen atoms in total. The third-order valence-electron chi connectivity index (χ3n) is 7.08. The molecule has 0 saturated carbocycles. The Kier molecular flexibility index (Phi) is 4.40. The van der Waals surface area contributed by atoms with Crippen LogP contribution in [-0.4, -0.2) is 55.7 Å². The van der Waals surface area contributed by atoms with Gasteiger partial charge in [-0.1, -0.05) is 11.6 Å². The van der Waals surface area contributed by atoms with E-state index in [2.05, 4.69) is 20.3 Å². The number of likely N-dealkylation sites (tertiary alicyclic amines) is 1. The summed E-state index contributed by atoms with van der Waals surface area (Å²) < 4.78 is 7.39. The number of nitrogens with zero attached hydrogens (tertiary/aromatic N) is 5.